The first-order chi connectivity index (χ1) is 6.64. The molecule has 0 radical (unpaired) electrons. The third-order valence-electron chi connectivity index (χ3n) is 3.07. The molecule has 1 aliphatic rings. The van der Waals surface area contributed by atoms with Crippen LogP contribution in [0.1, 0.15) is 32.1 Å². The van der Waals surface area contributed by atoms with Crippen LogP contribution in [0, 0.1) is 5.92 Å². The van der Waals surface area contributed by atoms with Crippen LogP contribution in [0.2, 0.25) is 19.1 Å². The van der Waals surface area contributed by atoms with E-state index in [0.717, 1.165) is 18.6 Å². The molecule has 2 heteroatoms. The molecule has 0 bridgehead atoms. The van der Waals surface area contributed by atoms with Crippen LogP contribution >= 0.6 is 0 Å². The lowest BCUT2D eigenvalue weighted by Crippen LogP contribution is -2.32. The first-order valence-electron chi connectivity index (χ1n) is 5.89. The Labute approximate surface area is 89.7 Å². The van der Waals surface area contributed by atoms with Gasteiger partial charge >= 0.3 is 0 Å². The van der Waals surface area contributed by atoms with E-state index in [1.54, 1.807) is 0 Å². The molecule has 0 aromatic carbocycles. The van der Waals surface area contributed by atoms with E-state index in [2.05, 4.69) is 19.7 Å². The molecule has 0 unspecified atom stereocenters. The van der Waals surface area contributed by atoms with Crippen molar-refractivity contribution in [2.45, 2.75) is 51.2 Å². The van der Waals surface area contributed by atoms with Crippen molar-refractivity contribution in [1.82, 2.24) is 0 Å². The fraction of sp³-hybridized carbons (Fsp3) is 0.833. The zero-order valence-electron chi connectivity index (χ0n) is 9.72. The van der Waals surface area contributed by atoms with Crippen molar-refractivity contribution < 1.29 is 4.43 Å². The maximum Gasteiger partial charge on any atom is 0.190 e. The molecule has 0 spiro atoms. The first-order valence-corrected chi connectivity index (χ1v) is 9.00. The summed E-state index contributed by atoms with van der Waals surface area (Å²) in [5.41, 5.74) is 0. The molecule has 82 valence electrons. The lowest BCUT2D eigenvalue weighted by Gasteiger charge is -2.27. The Morgan fingerprint density at radius 2 is 1.93 bits per heavy atom. The van der Waals surface area contributed by atoms with Crippen LogP contribution in [0.15, 0.2) is 12.7 Å². The smallest absolute Gasteiger partial charge is 0.190 e. The highest BCUT2D eigenvalue weighted by Crippen LogP contribution is 2.25. The van der Waals surface area contributed by atoms with Gasteiger partial charge in [-0.25, -0.2) is 0 Å². The molecule has 14 heavy (non-hydrogen) atoms. The van der Waals surface area contributed by atoms with Gasteiger partial charge < -0.3 is 4.43 Å². The average Bonchev–Trinajstić information content (AvgIpc) is 2.17. The van der Waals surface area contributed by atoms with Gasteiger partial charge in [-0.1, -0.05) is 25.3 Å². The number of rotatable bonds is 5. The molecule has 0 aliphatic heterocycles. The second-order valence-electron chi connectivity index (χ2n) is 5.07. The minimum atomic E-state index is -1.41. The second-order valence-corrected chi connectivity index (χ2v) is 9.28. The zero-order valence-corrected chi connectivity index (χ0v) is 10.7. The van der Waals surface area contributed by atoms with Gasteiger partial charge in [-0.15, -0.1) is 6.58 Å². The molecule has 1 saturated carbocycles. The first kappa shape index (κ1) is 12.0. The molecule has 0 N–H and O–H groups in total. The normalized spacial score (nSPS) is 19.6. The fourth-order valence-corrected chi connectivity index (χ4v) is 3.60. The van der Waals surface area contributed by atoms with E-state index in [1.807, 2.05) is 6.08 Å². The molecule has 0 aromatic heterocycles. The van der Waals surface area contributed by atoms with E-state index in [1.165, 1.54) is 32.1 Å². The van der Waals surface area contributed by atoms with E-state index in [4.69, 9.17) is 4.43 Å². The zero-order chi connectivity index (χ0) is 10.4. The third-order valence-corrected chi connectivity index (χ3v) is 5.29. The van der Waals surface area contributed by atoms with Gasteiger partial charge in [0, 0.05) is 6.61 Å². The van der Waals surface area contributed by atoms with Crippen LogP contribution in [0.4, 0.5) is 0 Å². The van der Waals surface area contributed by atoms with Gasteiger partial charge in [0.15, 0.2) is 8.32 Å². The minimum Gasteiger partial charge on any atom is -0.417 e. The monoisotopic (exact) mass is 212 g/mol. The van der Waals surface area contributed by atoms with Crippen molar-refractivity contribution in [2.75, 3.05) is 6.61 Å². The molecule has 1 aliphatic carbocycles. The summed E-state index contributed by atoms with van der Waals surface area (Å²) >= 11 is 0. The van der Waals surface area contributed by atoms with Gasteiger partial charge in [0.05, 0.1) is 0 Å². The topological polar surface area (TPSA) is 9.23 Å². The van der Waals surface area contributed by atoms with E-state index in [0.29, 0.717) is 0 Å². The van der Waals surface area contributed by atoms with E-state index < -0.39 is 8.32 Å². The van der Waals surface area contributed by atoms with Gasteiger partial charge in [0.1, 0.15) is 0 Å². The van der Waals surface area contributed by atoms with Crippen molar-refractivity contribution >= 4 is 8.32 Å². The van der Waals surface area contributed by atoms with Crippen molar-refractivity contribution in [2.24, 2.45) is 5.92 Å². The van der Waals surface area contributed by atoms with Crippen LogP contribution < -0.4 is 0 Å². The average molecular weight is 212 g/mol. The van der Waals surface area contributed by atoms with Crippen LogP contribution in [-0.4, -0.2) is 14.9 Å². The third kappa shape index (κ3) is 4.42. The molecule has 0 atom stereocenters. The standard InChI is InChI=1S/C12H24OSi/c1-4-10-14(2,3)13-11-12-8-6-5-7-9-12/h4,12H,1,5-11H2,2-3H3. The summed E-state index contributed by atoms with van der Waals surface area (Å²) in [4.78, 5) is 0. The molecular weight excluding hydrogens is 188 g/mol. The summed E-state index contributed by atoms with van der Waals surface area (Å²) in [6.07, 6.45) is 9.04. The predicted molar refractivity (Wildman–Crippen MR) is 65.0 cm³/mol. The van der Waals surface area contributed by atoms with Crippen LogP contribution in [0.5, 0.6) is 0 Å². The highest BCUT2D eigenvalue weighted by Gasteiger charge is 2.23. The van der Waals surface area contributed by atoms with E-state index >= 15 is 0 Å². The summed E-state index contributed by atoms with van der Waals surface area (Å²) in [5.74, 6) is 0.848. The van der Waals surface area contributed by atoms with Gasteiger partial charge in [0.2, 0.25) is 0 Å². The molecule has 1 nitrogen and oxygen atoms in total. The van der Waals surface area contributed by atoms with Crippen LogP contribution in [-0.2, 0) is 4.43 Å². The minimum absolute atomic E-state index is 0.848. The molecule has 0 heterocycles. The Morgan fingerprint density at radius 1 is 1.29 bits per heavy atom. The number of allylic oxidation sites excluding steroid dienone is 1. The molecule has 0 amide bonds. The number of hydrogen-bond acceptors (Lipinski definition) is 1. The maximum atomic E-state index is 6.08. The maximum absolute atomic E-state index is 6.08. The lowest BCUT2D eigenvalue weighted by molar-refractivity contribution is 0.202. The quantitative estimate of drug-likeness (QED) is 0.495. The lowest BCUT2D eigenvalue weighted by atomic mass is 9.90. The largest absolute Gasteiger partial charge is 0.417 e. The van der Waals surface area contributed by atoms with Crippen LogP contribution in [0.3, 0.4) is 0 Å². The predicted octanol–water partition coefficient (Wildman–Crippen LogP) is 3.97. The molecule has 1 rings (SSSR count). The Bertz CT molecular complexity index is 171. The molecule has 0 saturated heterocycles. The Hall–Kier alpha value is -0.0831. The van der Waals surface area contributed by atoms with Gasteiger partial charge in [-0.2, -0.15) is 0 Å². The summed E-state index contributed by atoms with van der Waals surface area (Å²) < 4.78 is 6.08. The van der Waals surface area contributed by atoms with Crippen molar-refractivity contribution in [3.8, 4) is 0 Å². The molecule has 0 aromatic rings. The summed E-state index contributed by atoms with van der Waals surface area (Å²) in [6, 6.07) is 1.08. The van der Waals surface area contributed by atoms with Gasteiger partial charge in [0.25, 0.3) is 0 Å². The summed E-state index contributed by atoms with van der Waals surface area (Å²) in [5, 5.41) is 0. The SMILES string of the molecule is C=CC[Si](C)(C)OCC1CCCCC1. The highest BCUT2D eigenvalue weighted by atomic mass is 28.4. The van der Waals surface area contributed by atoms with Crippen molar-refractivity contribution in [1.29, 1.82) is 0 Å². The number of hydrogen-bond donors (Lipinski definition) is 0. The Morgan fingerprint density at radius 3 is 2.50 bits per heavy atom. The van der Waals surface area contributed by atoms with E-state index in [9.17, 15) is 0 Å². The fourth-order valence-electron chi connectivity index (χ4n) is 2.10. The summed E-state index contributed by atoms with van der Waals surface area (Å²) in [7, 11) is -1.41. The second kappa shape index (κ2) is 5.71. The Kier molecular flexibility index (Phi) is 4.89. The molecular formula is C12H24OSi. The van der Waals surface area contributed by atoms with Crippen molar-refractivity contribution in [3.63, 3.8) is 0 Å². The van der Waals surface area contributed by atoms with Gasteiger partial charge in [-0.05, 0) is 37.9 Å². The highest BCUT2D eigenvalue weighted by molar-refractivity contribution is 6.71. The van der Waals surface area contributed by atoms with Crippen LogP contribution in [0.25, 0.3) is 0 Å². The van der Waals surface area contributed by atoms with E-state index in [-0.39, 0.29) is 0 Å². The van der Waals surface area contributed by atoms with Gasteiger partial charge in [-0.3, -0.25) is 0 Å². The Balaban J connectivity index is 2.20. The molecule has 1 fully saturated rings. The van der Waals surface area contributed by atoms with Crippen molar-refractivity contribution in [3.05, 3.63) is 12.7 Å². The summed E-state index contributed by atoms with van der Waals surface area (Å²) in [6.45, 7) is 9.38.